The molecule has 0 aliphatic heterocycles. The van der Waals surface area contributed by atoms with Crippen molar-refractivity contribution < 1.29 is 14.3 Å². The number of hydrogen-bond acceptors (Lipinski definition) is 2. The van der Waals surface area contributed by atoms with Crippen molar-refractivity contribution in [2.75, 3.05) is 6.54 Å². The van der Waals surface area contributed by atoms with Gasteiger partial charge in [-0.1, -0.05) is 32.1 Å². The third-order valence-corrected chi connectivity index (χ3v) is 3.76. The Bertz CT molecular complexity index is 442. The number of carbonyl (C=O) groups is 1. The molecule has 1 aliphatic rings. The van der Waals surface area contributed by atoms with E-state index in [1.54, 1.807) is 0 Å². The minimum Gasteiger partial charge on any atom is -0.508 e. The quantitative estimate of drug-likeness (QED) is 0.878. The molecule has 104 valence electrons. The van der Waals surface area contributed by atoms with E-state index >= 15 is 0 Å². The van der Waals surface area contributed by atoms with Gasteiger partial charge in [-0.3, -0.25) is 4.79 Å². The molecule has 1 aliphatic carbocycles. The second kappa shape index (κ2) is 6.55. The van der Waals surface area contributed by atoms with Crippen LogP contribution in [-0.2, 0) is 0 Å². The summed E-state index contributed by atoms with van der Waals surface area (Å²) in [6.45, 7) is 0.587. The van der Waals surface area contributed by atoms with E-state index in [4.69, 9.17) is 5.11 Å². The van der Waals surface area contributed by atoms with E-state index < -0.39 is 11.7 Å². The van der Waals surface area contributed by atoms with Crippen LogP contribution in [0.3, 0.4) is 0 Å². The van der Waals surface area contributed by atoms with Crippen molar-refractivity contribution >= 4 is 5.91 Å². The number of phenols is 1. The molecule has 1 fully saturated rings. The van der Waals surface area contributed by atoms with Gasteiger partial charge in [0, 0.05) is 12.6 Å². The van der Waals surface area contributed by atoms with Gasteiger partial charge in [0.2, 0.25) is 0 Å². The summed E-state index contributed by atoms with van der Waals surface area (Å²) in [4.78, 5) is 11.8. The third kappa shape index (κ3) is 3.94. The average Bonchev–Trinajstić information content (AvgIpc) is 2.39. The molecule has 19 heavy (non-hydrogen) atoms. The van der Waals surface area contributed by atoms with Crippen molar-refractivity contribution in [2.24, 2.45) is 5.92 Å². The lowest BCUT2D eigenvalue weighted by Gasteiger charge is -2.21. The summed E-state index contributed by atoms with van der Waals surface area (Å²) in [5.74, 6) is -0.571. The van der Waals surface area contributed by atoms with E-state index in [1.807, 2.05) is 0 Å². The van der Waals surface area contributed by atoms with E-state index in [2.05, 4.69) is 5.32 Å². The van der Waals surface area contributed by atoms with Crippen LogP contribution in [0.15, 0.2) is 18.2 Å². The highest BCUT2D eigenvalue weighted by molar-refractivity contribution is 5.94. The van der Waals surface area contributed by atoms with E-state index in [-0.39, 0.29) is 11.3 Å². The Kier molecular flexibility index (Phi) is 4.77. The molecule has 0 aromatic heterocycles. The topological polar surface area (TPSA) is 49.3 Å². The molecule has 0 heterocycles. The van der Waals surface area contributed by atoms with Crippen molar-refractivity contribution in [2.45, 2.75) is 38.5 Å². The predicted molar refractivity (Wildman–Crippen MR) is 71.6 cm³/mol. The van der Waals surface area contributed by atoms with E-state index in [9.17, 15) is 9.18 Å². The van der Waals surface area contributed by atoms with Gasteiger partial charge >= 0.3 is 0 Å². The fourth-order valence-electron chi connectivity index (χ4n) is 2.65. The minimum atomic E-state index is -0.685. The first-order chi connectivity index (χ1) is 9.16. The number of halogens is 1. The van der Waals surface area contributed by atoms with Gasteiger partial charge in [-0.15, -0.1) is 0 Å². The molecule has 0 atom stereocenters. The predicted octanol–water partition coefficient (Wildman–Crippen LogP) is 3.23. The molecule has 2 rings (SSSR count). The summed E-state index contributed by atoms with van der Waals surface area (Å²) in [5.41, 5.74) is -0.0126. The molecule has 3 nitrogen and oxygen atoms in total. The van der Waals surface area contributed by atoms with E-state index in [1.165, 1.54) is 44.2 Å². The first-order valence-electron chi connectivity index (χ1n) is 6.93. The summed E-state index contributed by atoms with van der Waals surface area (Å²) in [5, 5.41) is 11.8. The van der Waals surface area contributed by atoms with Gasteiger partial charge in [0.05, 0.1) is 5.56 Å². The normalized spacial score (nSPS) is 16.3. The molecule has 1 aromatic rings. The number of benzene rings is 1. The summed E-state index contributed by atoms with van der Waals surface area (Å²) in [6, 6.07) is 3.58. The van der Waals surface area contributed by atoms with Crippen LogP contribution in [0.5, 0.6) is 5.75 Å². The average molecular weight is 265 g/mol. The van der Waals surface area contributed by atoms with Crippen LogP contribution in [0.2, 0.25) is 0 Å². The monoisotopic (exact) mass is 265 g/mol. The van der Waals surface area contributed by atoms with Gasteiger partial charge in [-0.2, -0.15) is 0 Å². The van der Waals surface area contributed by atoms with Crippen LogP contribution < -0.4 is 5.32 Å². The third-order valence-electron chi connectivity index (χ3n) is 3.76. The van der Waals surface area contributed by atoms with Crippen LogP contribution in [-0.4, -0.2) is 17.6 Å². The SMILES string of the molecule is O=C(NCCC1CCCCC1)c1ccc(O)cc1F. The number of amides is 1. The summed E-state index contributed by atoms with van der Waals surface area (Å²) in [6.07, 6.45) is 7.33. The van der Waals surface area contributed by atoms with Gasteiger partial charge in [0.25, 0.3) is 5.91 Å². The zero-order chi connectivity index (χ0) is 13.7. The lowest BCUT2D eigenvalue weighted by molar-refractivity contribution is 0.0946. The zero-order valence-corrected chi connectivity index (χ0v) is 11.0. The van der Waals surface area contributed by atoms with E-state index in [0.717, 1.165) is 12.5 Å². The van der Waals surface area contributed by atoms with Gasteiger partial charge < -0.3 is 10.4 Å². The Morgan fingerprint density at radius 1 is 1.32 bits per heavy atom. The first kappa shape index (κ1) is 13.8. The van der Waals surface area contributed by atoms with Gasteiger partial charge in [-0.05, 0) is 24.5 Å². The molecule has 2 N–H and O–H groups in total. The fourth-order valence-corrected chi connectivity index (χ4v) is 2.65. The van der Waals surface area contributed by atoms with Gasteiger partial charge in [0.15, 0.2) is 0 Å². The Morgan fingerprint density at radius 3 is 2.74 bits per heavy atom. The standard InChI is InChI=1S/C15H20FNO2/c16-14-10-12(18)6-7-13(14)15(19)17-9-8-11-4-2-1-3-5-11/h6-7,10-11,18H,1-5,8-9H2,(H,17,19). The Hall–Kier alpha value is -1.58. The maximum atomic E-state index is 13.5. The van der Waals surface area contributed by atoms with Crippen molar-refractivity contribution in [1.29, 1.82) is 0 Å². The van der Waals surface area contributed by atoms with Crippen LogP contribution >= 0.6 is 0 Å². The lowest BCUT2D eigenvalue weighted by atomic mass is 9.87. The molecular weight excluding hydrogens is 245 g/mol. The second-order valence-electron chi connectivity index (χ2n) is 5.21. The molecule has 0 radical (unpaired) electrons. The highest BCUT2D eigenvalue weighted by atomic mass is 19.1. The molecule has 0 spiro atoms. The molecule has 0 saturated heterocycles. The van der Waals surface area contributed by atoms with Crippen molar-refractivity contribution in [3.63, 3.8) is 0 Å². The Labute approximate surface area is 112 Å². The fraction of sp³-hybridized carbons (Fsp3) is 0.533. The summed E-state index contributed by atoms with van der Waals surface area (Å²) < 4.78 is 13.5. The smallest absolute Gasteiger partial charge is 0.254 e. The van der Waals surface area contributed by atoms with Crippen LogP contribution in [0.25, 0.3) is 0 Å². The molecule has 0 bridgehead atoms. The summed E-state index contributed by atoms with van der Waals surface area (Å²) in [7, 11) is 0. The van der Waals surface area contributed by atoms with Gasteiger partial charge in [0.1, 0.15) is 11.6 Å². The van der Waals surface area contributed by atoms with Crippen LogP contribution in [0.1, 0.15) is 48.9 Å². The zero-order valence-electron chi connectivity index (χ0n) is 11.0. The molecule has 0 unspecified atom stereocenters. The molecule has 1 saturated carbocycles. The van der Waals surface area contributed by atoms with Crippen LogP contribution in [0.4, 0.5) is 4.39 Å². The highest BCUT2D eigenvalue weighted by Gasteiger charge is 2.15. The number of rotatable bonds is 4. The number of phenolic OH excluding ortho intramolecular Hbond substituents is 1. The Morgan fingerprint density at radius 2 is 2.05 bits per heavy atom. The molecular formula is C15H20FNO2. The summed E-state index contributed by atoms with van der Waals surface area (Å²) >= 11 is 0. The first-order valence-corrected chi connectivity index (χ1v) is 6.93. The largest absolute Gasteiger partial charge is 0.508 e. The van der Waals surface area contributed by atoms with E-state index in [0.29, 0.717) is 12.5 Å². The maximum Gasteiger partial charge on any atom is 0.254 e. The maximum absolute atomic E-state index is 13.5. The number of hydrogen-bond donors (Lipinski definition) is 2. The lowest BCUT2D eigenvalue weighted by Crippen LogP contribution is -2.27. The van der Waals surface area contributed by atoms with Gasteiger partial charge in [-0.25, -0.2) is 4.39 Å². The number of aromatic hydroxyl groups is 1. The van der Waals surface area contributed by atoms with Crippen molar-refractivity contribution in [1.82, 2.24) is 5.32 Å². The second-order valence-corrected chi connectivity index (χ2v) is 5.21. The van der Waals surface area contributed by atoms with Crippen molar-refractivity contribution in [3.8, 4) is 5.75 Å². The molecule has 1 aromatic carbocycles. The highest BCUT2D eigenvalue weighted by Crippen LogP contribution is 2.25. The number of nitrogens with one attached hydrogen (secondary N) is 1. The molecule has 4 heteroatoms. The Balaban J connectivity index is 1.80. The van der Waals surface area contributed by atoms with Crippen LogP contribution in [0, 0.1) is 11.7 Å². The van der Waals surface area contributed by atoms with Crippen molar-refractivity contribution in [3.05, 3.63) is 29.6 Å². The number of carbonyl (C=O) groups excluding carboxylic acids is 1. The minimum absolute atomic E-state index is 0.0126. The molecule has 1 amide bonds.